The van der Waals surface area contributed by atoms with Gasteiger partial charge in [0.05, 0.1) is 12.1 Å². The molecule has 3 heterocycles. The molecule has 0 spiro atoms. The van der Waals surface area contributed by atoms with E-state index in [0.29, 0.717) is 49.1 Å². The number of carbonyl (C=O) groups excluding carboxylic acids is 2. The van der Waals surface area contributed by atoms with Crippen molar-refractivity contribution in [3.63, 3.8) is 0 Å². The second kappa shape index (κ2) is 10.2. The van der Waals surface area contributed by atoms with Crippen LogP contribution in [0.4, 0.5) is 4.39 Å². The fraction of sp³-hybridized carbons (Fsp3) is 0.435. The van der Waals surface area contributed by atoms with Gasteiger partial charge in [-0.1, -0.05) is 12.1 Å². The van der Waals surface area contributed by atoms with Crippen LogP contribution in [0.25, 0.3) is 0 Å². The predicted octanol–water partition coefficient (Wildman–Crippen LogP) is 2.89. The third kappa shape index (κ3) is 5.62. The summed E-state index contributed by atoms with van der Waals surface area (Å²) in [5, 5.41) is 0.684. The number of nitrogens with zero attached hydrogens (tertiary/aromatic N) is 4. The summed E-state index contributed by atoms with van der Waals surface area (Å²) < 4.78 is 13.1. The minimum absolute atomic E-state index is 0.0276. The van der Waals surface area contributed by atoms with Gasteiger partial charge in [-0.3, -0.25) is 14.5 Å². The predicted molar refractivity (Wildman–Crippen MR) is 118 cm³/mol. The maximum absolute atomic E-state index is 13.1. The number of piperazine rings is 1. The van der Waals surface area contributed by atoms with Crippen LogP contribution in [0.3, 0.4) is 0 Å². The molecule has 2 amide bonds. The Hall–Kier alpha value is -2.45. The van der Waals surface area contributed by atoms with E-state index < -0.39 is 0 Å². The zero-order valence-corrected chi connectivity index (χ0v) is 18.3. The highest BCUT2D eigenvalue weighted by Gasteiger charge is 2.27. The van der Waals surface area contributed by atoms with Gasteiger partial charge in [0.1, 0.15) is 10.8 Å². The van der Waals surface area contributed by atoms with Crippen molar-refractivity contribution in [3.05, 3.63) is 59.5 Å². The third-order valence-electron chi connectivity index (χ3n) is 5.77. The normalized spacial score (nSPS) is 17.2. The van der Waals surface area contributed by atoms with E-state index in [9.17, 15) is 14.0 Å². The number of benzene rings is 1. The topological polar surface area (TPSA) is 56.8 Å². The van der Waals surface area contributed by atoms with Crippen LogP contribution in [0.5, 0.6) is 0 Å². The van der Waals surface area contributed by atoms with Gasteiger partial charge in [-0.15, -0.1) is 11.8 Å². The third-order valence-corrected chi connectivity index (χ3v) is 6.84. The Kier molecular flexibility index (Phi) is 7.19. The zero-order chi connectivity index (χ0) is 21.6. The first-order valence-electron chi connectivity index (χ1n) is 10.7. The number of rotatable bonds is 6. The van der Waals surface area contributed by atoms with Crippen LogP contribution in [0.1, 0.15) is 28.8 Å². The largest absolute Gasteiger partial charge is 0.342 e. The van der Waals surface area contributed by atoms with Crippen LogP contribution in [0.2, 0.25) is 0 Å². The van der Waals surface area contributed by atoms with Crippen LogP contribution in [-0.2, 0) is 10.5 Å². The van der Waals surface area contributed by atoms with Gasteiger partial charge in [-0.2, -0.15) is 0 Å². The first kappa shape index (κ1) is 21.8. The van der Waals surface area contributed by atoms with Gasteiger partial charge in [0.2, 0.25) is 5.91 Å². The number of halogens is 1. The first-order valence-corrected chi connectivity index (χ1v) is 11.7. The molecule has 2 aromatic rings. The van der Waals surface area contributed by atoms with Crippen LogP contribution in [0.15, 0.2) is 47.6 Å². The fourth-order valence-corrected chi connectivity index (χ4v) is 4.88. The van der Waals surface area contributed by atoms with E-state index >= 15 is 0 Å². The van der Waals surface area contributed by atoms with Gasteiger partial charge in [-0.05, 0) is 42.7 Å². The first-order chi connectivity index (χ1) is 15.1. The molecule has 8 heteroatoms. The van der Waals surface area contributed by atoms with Crippen molar-refractivity contribution in [2.45, 2.75) is 23.6 Å². The molecule has 2 saturated heterocycles. The lowest BCUT2D eigenvalue weighted by Crippen LogP contribution is -2.51. The SMILES string of the molecule is O=C(CN1CCN(C(=O)c2cccnc2SCc2ccc(F)cc2)CC1)N1CCCC1. The van der Waals surface area contributed by atoms with E-state index in [-0.39, 0.29) is 17.6 Å². The molecule has 0 unspecified atom stereocenters. The highest BCUT2D eigenvalue weighted by molar-refractivity contribution is 7.98. The van der Waals surface area contributed by atoms with Crippen molar-refractivity contribution in [2.75, 3.05) is 45.8 Å². The molecule has 4 rings (SSSR count). The Morgan fingerprint density at radius 3 is 2.35 bits per heavy atom. The molecule has 2 fully saturated rings. The summed E-state index contributed by atoms with van der Waals surface area (Å²) in [6.07, 6.45) is 3.88. The van der Waals surface area contributed by atoms with Crippen molar-refractivity contribution >= 4 is 23.6 Å². The van der Waals surface area contributed by atoms with Crippen molar-refractivity contribution in [1.29, 1.82) is 0 Å². The Labute approximate surface area is 186 Å². The molecule has 0 N–H and O–H groups in total. The van der Waals surface area contributed by atoms with E-state index in [1.807, 2.05) is 15.9 Å². The number of amides is 2. The van der Waals surface area contributed by atoms with E-state index in [0.717, 1.165) is 31.5 Å². The number of pyridine rings is 1. The van der Waals surface area contributed by atoms with Crippen molar-refractivity contribution in [1.82, 2.24) is 19.7 Å². The molecule has 164 valence electrons. The number of likely N-dealkylation sites (tertiary alicyclic amines) is 1. The highest BCUT2D eigenvalue weighted by Crippen LogP contribution is 2.25. The van der Waals surface area contributed by atoms with Gasteiger partial charge in [0.15, 0.2) is 0 Å². The Bertz CT molecular complexity index is 910. The van der Waals surface area contributed by atoms with E-state index in [1.165, 1.54) is 23.9 Å². The highest BCUT2D eigenvalue weighted by atomic mass is 32.2. The van der Waals surface area contributed by atoms with Gasteiger partial charge in [-0.25, -0.2) is 9.37 Å². The number of carbonyl (C=O) groups is 2. The molecule has 2 aliphatic rings. The van der Waals surface area contributed by atoms with Crippen LogP contribution in [0, 0.1) is 5.82 Å². The quantitative estimate of drug-likeness (QED) is 0.644. The van der Waals surface area contributed by atoms with Crippen molar-refractivity contribution in [3.8, 4) is 0 Å². The van der Waals surface area contributed by atoms with Crippen molar-refractivity contribution in [2.24, 2.45) is 0 Å². The van der Waals surface area contributed by atoms with Crippen molar-refractivity contribution < 1.29 is 14.0 Å². The molecular weight excluding hydrogens is 415 g/mol. The molecule has 0 aliphatic carbocycles. The van der Waals surface area contributed by atoms with Gasteiger partial charge in [0.25, 0.3) is 5.91 Å². The smallest absolute Gasteiger partial charge is 0.256 e. The minimum atomic E-state index is -0.260. The van der Waals surface area contributed by atoms with Gasteiger partial charge >= 0.3 is 0 Å². The Morgan fingerprint density at radius 1 is 0.935 bits per heavy atom. The molecule has 0 saturated carbocycles. The monoisotopic (exact) mass is 442 g/mol. The summed E-state index contributed by atoms with van der Waals surface area (Å²) >= 11 is 1.48. The lowest BCUT2D eigenvalue weighted by atomic mass is 10.2. The Balaban J connectivity index is 1.32. The van der Waals surface area contributed by atoms with Crippen LogP contribution in [-0.4, -0.2) is 77.3 Å². The molecule has 6 nitrogen and oxygen atoms in total. The second-order valence-electron chi connectivity index (χ2n) is 7.93. The van der Waals surface area contributed by atoms with Gasteiger partial charge < -0.3 is 9.80 Å². The average Bonchev–Trinajstić information content (AvgIpc) is 3.34. The van der Waals surface area contributed by atoms with E-state index in [4.69, 9.17) is 0 Å². The minimum Gasteiger partial charge on any atom is -0.342 e. The van der Waals surface area contributed by atoms with E-state index in [1.54, 1.807) is 24.4 Å². The Morgan fingerprint density at radius 2 is 1.65 bits per heavy atom. The summed E-state index contributed by atoms with van der Waals surface area (Å²) in [4.78, 5) is 35.8. The summed E-state index contributed by atoms with van der Waals surface area (Å²) in [5.74, 6) is 0.525. The number of hydrogen-bond donors (Lipinski definition) is 0. The number of hydrogen-bond acceptors (Lipinski definition) is 5. The zero-order valence-electron chi connectivity index (χ0n) is 17.5. The lowest BCUT2D eigenvalue weighted by molar-refractivity contribution is -0.131. The average molecular weight is 443 g/mol. The summed E-state index contributed by atoms with van der Waals surface area (Å²) in [5.41, 5.74) is 1.57. The second-order valence-corrected chi connectivity index (χ2v) is 8.89. The molecule has 1 aromatic heterocycles. The van der Waals surface area contributed by atoms with Crippen LogP contribution >= 0.6 is 11.8 Å². The maximum atomic E-state index is 13.1. The number of thioether (sulfide) groups is 1. The fourth-order valence-electron chi connectivity index (χ4n) is 3.94. The maximum Gasteiger partial charge on any atom is 0.256 e. The van der Waals surface area contributed by atoms with Crippen LogP contribution < -0.4 is 0 Å². The molecule has 2 aliphatic heterocycles. The lowest BCUT2D eigenvalue weighted by Gasteiger charge is -2.35. The molecule has 31 heavy (non-hydrogen) atoms. The number of aromatic nitrogens is 1. The standard InChI is InChI=1S/C23H27FN4O2S/c24-19-7-5-18(6-8-19)17-31-22-20(4-3-9-25-22)23(30)28-14-12-26(13-15-28)16-21(29)27-10-1-2-11-27/h3-9H,1-2,10-17H2. The summed E-state index contributed by atoms with van der Waals surface area (Å²) in [7, 11) is 0. The molecule has 0 radical (unpaired) electrons. The summed E-state index contributed by atoms with van der Waals surface area (Å²) in [6, 6.07) is 9.96. The molecule has 0 atom stereocenters. The van der Waals surface area contributed by atoms with Gasteiger partial charge in [0, 0.05) is 51.2 Å². The molecule has 1 aromatic carbocycles. The molecular formula is C23H27FN4O2S. The van der Waals surface area contributed by atoms with E-state index in [2.05, 4.69) is 9.88 Å². The summed E-state index contributed by atoms with van der Waals surface area (Å²) in [6.45, 7) is 4.78. The molecule has 0 bridgehead atoms.